The summed E-state index contributed by atoms with van der Waals surface area (Å²) in [6.07, 6.45) is 1.61. The molecule has 0 radical (unpaired) electrons. The normalized spacial score (nSPS) is 11.9. The fourth-order valence-corrected chi connectivity index (χ4v) is 2.89. The number of fused-ring (bicyclic) bond motifs is 1. The second-order valence-electron chi connectivity index (χ2n) is 4.73. The highest BCUT2D eigenvalue weighted by Crippen LogP contribution is 2.26. The van der Waals surface area contributed by atoms with Crippen molar-refractivity contribution >= 4 is 68.4 Å². The number of nitrogens with one attached hydrogen (secondary N) is 1. The van der Waals surface area contributed by atoms with Crippen LogP contribution >= 0.6 is 46.4 Å². The maximum Gasteiger partial charge on any atom is 0.259 e. The molecule has 23 heavy (non-hydrogen) atoms. The van der Waals surface area contributed by atoms with Gasteiger partial charge in [0.25, 0.3) is 5.56 Å². The third kappa shape index (κ3) is 3.54. The predicted molar refractivity (Wildman–Crippen MR) is 97.6 cm³/mol. The number of benzene rings is 2. The number of hydrogen-bond donors (Lipinski definition) is 1. The topological polar surface area (TPSA) is 45.8 Å². The number of aromatic nitrogens is 2. The lowest BCUT2D eigenvalue weighted by Gasteiger charge is -2.04. The van der Waals surface area contributed by atoms with Gasteiger partial charge in [0, 0.05) is 15.1 Å². The monoisotopic (exact) mass is 384 g/mol. The molecule has 0 bridgehead atoms. The van der Waals surface area contributed by atoms with Gasteiger partial charge in [-0.3, -0.25) is 4.79 Å². The highest BCUT2D eigenvalue weighted by atomic mass is 35.5. The van der Waals surface area contributed by atoms with E-state index in [1.165, 1.54) is 0 Å². The van der Waals surface area contributed by atoms with E-state index in [9.17, 15) is 4.79 Å². The molecule has 0 aliphatic carbocycles. The number of H-pyrrole nitrogens is 1. The summed E-state index contributed by atoms with van der Waals surface area (Å²) in [5.74, 6) is 0.248. The van der Waals surface area contributed by atoms with Crippen molar-refractivity contribution in [2.75, 3.05) is 0 Å². The molecule has 0 fully saturated rings. The third-order valence-corrected chi connectivity index (χ3v) is 4.22. The number of aromatic amines is 1. The van der Waals surface area contributed by atoms with Crippen LogP contribution in [0.25, 0.3) is 22.0 Å². The summed E-state index contributed by atoms with van der Waals surface area (Å²) in [6.45, 7) is 0. The van der Waals surface area contributed by atoms with Crippen molar-refractivity contribution in [3.63, 3.8) is 0 Å². The van der Waals surface area contributed by atoms with Crippen molar-refractivity contribution in [3.8, 4) is 0 Å². The van der Waals surface area contributed by atoms with Gasteiger partial charge in [-0.2, -0.15) is 0 Å². The van der Waals surface area contributed by atoms with Crippen LogP contribution in [0.15, 0.2) is 41.2 Å². The van der Waals surface area contributed by atoms with Gasteiger partial charge in [-0.25, -0.2) is 4.98 Å². The Hall–Kier alpha value is -1.52. The third-order valence-electron chi connectivity index (χ3n) is 3.14. The minimum Gasteiger partial charge on any atom is -0.305 e. The van der Waals surface area contributed by atoms with Crippen LogP contribution in [0.3, 0.4) is 0 Å². The zero-order valence-electron chi connectivity index (χ0n) is 11.4. The summed E-state index contributed by atoms with van der Waals surface area (Å²) < 4.78 is 0. The average molecular weight is 386 g/mol. The largest absolute Gasteiger partial charge is 0.305 e. The van der Waals surface area contributed by atoms with E-state index in [4.69, 9.17) is 46.4 Å². The molecule has 1 heterocycles. The van der Waals surface area contributed by atoms with Crippen LogP contribution in [-0.2, 0) is 0 Å². The Morgan fingerprint density at radius 3 is 2.48 bits per heavy atom. The lowest BCUT2D eigenvalue weighted by molar-refractivity contribution is 1.14. The quantitative estimate of drug-likeness (QED) is 0.622. The van der Waals surface area contributed by atoms with Gasteiger partial charge in [0.2, 0.25) is 0 Å². The molecule has 0 saturated carbocycles. The Morgan fingerprint density at radius 2 is 1.74 bits per heavy atom. The summed E-state index contributed by atoms with van der Waals surface area (Å²) in [5, 5.41) is 2.09. The van der Waals surface area contributed by atoms with Crippen LogP contribution in [0.2, 0.25) is 15.1 Å². The average Bonchev–Trinajstić information content (AvgIpc) is 2.50. The van der Waals surface area contributed by atoms with E-state index < -0.39 is 0 Å². The second kappa shape index (κ2) is 6.54. The number of rotatable bonds is 2. The molecule has 0 aliphatic heterocycles. The molecule has 1 aromatic heterocycles. The van der Waals surface area contributed by atoms with E-state index in [0.717, 1.165) is 0 Å². The van der Waals surface area contributed by atoms with Gasteiger partial charge in [0.05, 0.1) is 15.9 Å². The fraction of sp³-hybridized carbons (Fsp3) is 0. The highest BCUT2D eigenvalue weighted by molar-refractivity contribution is 6.51. The Morgan fingerprint density at radius 1 is 1.04 bits per heavy atom. The molecule has 3 nitrogen and oxygen atoms in total. The van der Waals surface area contributed by atoms with Gasteiger partial charge in [-0.05, 0) is 42.0 Å². The lowest BCUT2D eigenvalue weighted by Crippen LogP contribution is -2.10. The van der Waals surface area contributed by atoms with Gasteiger partial charge in [0.15, 0.2) is 5.82 Å². The van der Waals surface area contributed by atoms with Crippen molar-refractivity contribution in [2.45, 2.75) is 0 Å². The zero-order valence-corrected chi connectivity index (χ0v) is 14.4. The van der Waals surface area contributed by atoms with E-state index in [2.05, 4.69) is 9.97 Å². The summed E-state index contributed by atoms with van der Waals surface area (Å²) in [4.78, 5) is 19.1. The Balaban J connectivity index is 2.10. The molecule has 0 unspecified atom stereocenters. The summed E-state index contributed by atoms with van der Waals surface area (Å²) in [6, 6.07) is 9.91. The second-order valence-corrected chi connectivity index (χ2v) is 6.42. The van der Waals surface area contributed by atoms with E-state index >= 15 is 0 Å². The smallest absolute Gasteiger partial charge is 0.259 e. The Labute approximate surface area is 151 Å². The SMILES string of the molecule is O=c1[nH]c(/C(Cl)=C/c2ccc(Cl)cc2Cl)nc2ccc(Cl)cc12. The molecule has 2 aromatic carbocycles. The van der Waals surface area contributed by atoms with Gasteiger partial charge < -0.3 is 4.98 Å². The molecule has 0 aliphatic rings. The van der Waals surface area contributed by atoms with Crippen LogP contribution in [0.1, 0.15) is 11.4 Å². The molecule has 0 atom stereocenters. The number of nitrogens with zero attached hydrogens (tertiary/aromatic N) is 1. The van der Waals surface area contributed by atoms with E-state index in [1.807, 2.05) is 0 Å². The molecule has 1 N–H and O–H groups in total. The molecular formula is C16H8Cl4N2O. The van der Waals surface area contributed by atoms with Crippen molar-refractivity contribution < 1.29 is 0 Å². The van der Waals surface area contributed by atoms with Crippen LogP contribution in [-0.4, -0.2) is 9.97 Å². The number of halogens is 4. The minimum absolute atomic E-state index is 0.248. The van der Waals surface area contributed by atoms with Gasteiger partial charge in [0.1, 0.15) is 0 Å². The molecular weight excluding hydrogens is 378 g/mol. The first kappa shape index (κ1) is 16.3. The fourth-order valence-electron chi connectivity index (χ4n) is 2.05. The molecule has 3 aromatic rings. The van der Waals surface area contributed by atoms with E-state index in [-0.39, 0.29) is 16.4 Å². The van der Waals surface area contributed by atoms with Crippen LogP contribution in [0.4, 0.5) is 0 Å². The standard InChI is InChI=1S/C16H8Cl4N2O/c17-9-3-4-14-11(6-9)16(23)22-15(21-14)13(20)5-8-1-2-10(18)7-12(8)19/h1-7H,(H,21,22,23)/b13-5-. The summed E-state index contributed by atoms with van der Waals surface area (Å²) >= 11 is 24.1. The van der Waals surface area contributed by atoms with Crippen LogP contribution in [0.5, 0.6) is 0 Å². The first-order chi connectivity index (χ1) is 10.9. The zero-order chi connectivity index (χ0) is 16.6. The summed E-state index contributed by atoms with van der Waals surface area (Å²) in [7, 11) is 0. The minimum atomic E-state index is -0.318. The van der Waals surface area contributed by atoms with Gasteiger partial charge in [-0.15, -0.1) is 0 Å². The first-order valence-corrected chi connectivity index (χ1v) is 7.97. The van der Waals surface area contributed by atoms with Crippen LogP contribution in [0, 0.1) is 0 Å². The van der Waals surface area contributed by atoms with Crippen LogP contribution < -0.4 is 5.56 Å². The Bertz CT molecular complexity index is 995. The highest BCUT2D eigenvalue weighted by Gasteiger charge is 2.08. The maximum atomic E-state index is 12.1. The maximum absolute atomic E-state index is 12.1. The van der Waals surface area contributed by atoms with Crippen molar-refractivity contribution in [3.05, 3.63) is 73.2 Å². The predicted octanol–water partition coefficient (Wildman–Crippen LogP) is 5.62. The van der Waals surface area contributed by atoms with Gasteiger partial charge >= 0.3 is 0 Å². The van der Waals surface area contributed by atoms with Crippen molar-refractivity contribution in [2.24, 2.45) is 0 Å². The Kier molecular flexibility index (Phi) is 4.64. The molecule has 116 valence electrons. The van der Waals surface area contributed by atoms with E-state index in [0.29, 0.717) is 31.5 Å². The summed E-state index contributed by atoms with van der Waals surface area (Å²) in [5.41, 5.74) is 0.850. The molecule has 7 heteroatoms. The van der Waals surface area contributed by atoms with Crippen molar-refractivity contribution in [1.29, 1.82) is 0 Å². The molecule has 0 saturated heterocycles. The van der Waals surface area contributed by atoms with Gasteiger partial charge in [-0.1, -0.05) is 52.5 Å². The van der Waals surface area contributed by atoms with Crippen molar-refractivity contribution in [1.82, 2.24) is 9.97 Å². The first-order valence-electron chi connectivity index (χ1n) is 6.46. The molecule has 3 rings (SSSR count). The molecule has 0 spiro atoms. The lowest BCUT2D eigenvalue weighted by atomic mass is 10.2. The number of hydrogen-bond acceptors (Lipinski definition) is 2. The van der Waals surface area contributed by atoms with E-state index in [1.54, 1.807) is 42.5 Å². The molecule has 0 amide bonds.